The molecule has 182 valence electrons. The summed E-state index contributed by atoms with van der Waals surface area (Å²) < 4.78 is 31.4. The summed E-state index contributed by atoms with van der Waals surface area (Å²) in [5, 5.41) is 10.2. The van der Waals surface area contributed by atoms with Gasteiger partial charge in [0, 0.05) is 29.9 Å². The van der Waals surface area contributed by atoms with Gasteiger partial charge >= 0.3 is 0 Å². The maximum Gasteiger partial charge on any atom is 0.255 e. The predicted octanol–water partition coefficient (Wildman–Crippen LogP) is 4.28. The molecule has 0 spiro atoms. The quantitative estimate of drug-likeness (QED) is 0.342. The number of methoxy groups -OCH3 is 1. The van der Waals surface area contributed by atoms with Crippen LogP contribution in [0, 0.1) is 5.82 Å². The highest BCUT2D eigenvalue weighted by atomic mass is 19.1. The van der Waals surface area contributed by atoms with E-state index < -0.39 is 11.7 Å². The highest BCUT2D eigenvalue weighted by molar-refractivity contribution is 6.04. The number of aryl methyl sites for hydroxylation is 1. The molecule has 0 aliphatic carbocycles. The van der Waals surface area contributed by atoms with Crippen molar-refractivity contribution in [3.63, 3.8) is 0 Å². The van der Waals surface area contributed by atoms with Crippen LogP contribution in [0.5, 0.6) is 17.4 Å². The zero-order chi connectivity index (χ0) is 25.2. The van der Waals surface area contributed by atoms with E-state index in [9.17, 15) is 9.18 Å². The Kier molecular flexibility index (Phi) is 5.90. The number of nitrogen functional groups attached to an aromatic ring is 1. The molecule has 1 amide bonds. The molecule has 36 heavy (non-hydrogen) atoms. The van der Waals surface area contributed by atoms with Crippen LogP contribution in [0.4, 0.5) is 15.9 Å². The number of halogens is 1. The number of anilines is 2. The Balaban J connectivity index is 1.38. The van der Waals surface area contributed by atoms with Crippen molar-refractivity contribution in [2.45, 2.75) is 13.5 Å². The van der Waals surface area contributed by atoms with Gasteiger partial charge in [0.15, 0.2) is 28.9 Å². The van der Waals surface area contributed by atoms with Crippen molar-refractivity contribution < 1.29 is 23.3 Å². The normalized spacial score (nSPS) is 11.0. The van der Waals surface area contributed by atoms with E-state index in [4.69, 9.17) is 19.8 Å². The topological polar surface area (TPSA) is 143 Å². The number of carbonyl (C=O) groups is 1. The second-order valence-corrected chi connectivity index (χ2v) is 7.62. The molecular formula is C24H20FN7O4. The minimum absolute atomic E-state index is 0.0594. The Labute approximate surface area is 203 Å². The summed E-state index contributed by atoms with van der Waals surface area (Å²) in [7, 11) is 1.36. The molecule has 3 N–H and O–H groups in total. The standard InChI is InChI=1S/C24H20FN7O4/c1-3-32-18-11-20(27-12-17(18)29-23(32)21-22(26)31-36-30-21)35-15-6-4-5-14(10-15)28-24(33)13-7-8-19(34-2)16(25)9-13/h4-12H,3H2,1-2H3,(H2,26,31)(H,28,33). The van der Waals surface area contributed by atoms with Gasteiger partial charge in [-0.2, -0.15) is 0 Å². The van der Waals surface area contributed by atoms with Crippen molar-refractivity contribution >= 4 is 28.4 Å². The highest BCUT2D eigenvalue weighted by Gasteiger charge is 2.19. The largest absolute Gasteiger partial charge is 0.494 e. The molecule has 0 radical (unpaired) electrons. The molecule has 0 saturated heterocycles. The Morgan fingerprint density at radius 1 is 1.19 bits per heavy atom. The minimum atomic E-state index is -0.624. The van der Waals surface area contributed by atoms with Gasteiger partial charge in [-0.1, -0.05) is 6.07 Å². The van der Waals surface area contributed by atoms with E-state index in [2.05, 4.69) is 25.6 Å². The number of imidazole rings is 1. The van der Waals surface area contributed by atoms with Gasteiger partial charge in [-0.15, -0.1) is 0 Å². The molecule has 0 unspecified atom stereocenters. The third kappa shape index (κ3) is 4.27. The number of nitrogens with zero attached hydrogens (tertiary/aromatic N) is 5. The lowest BCUT2D eigenvalue weighted by atomic mass is 10.2. The van der Waals surface area contributed by atoms with Crippen LogP contribution in [0.25, 0.3) is 22.6 Å². The SMILES string of the molecule is CCn1c(-c2nonc2N)nc2cnc(Oc3cccc(NC(=O)c4ccc(OC)c(F)c4)c3)cc21. The first-order valence-electron chi connectivity index (χ1n) is 10.8. The fourth-order valence-corrected chi connectivity index (χ4v) is 3.69. The average molecular weight is 489 g/mol. The molecule has 5 aromatic rings. The van der Waals surface area contributed by atoms with Gasteiger partial charge in [-0.05, 0) is 47.6 Å². The highest BCUT2D eigenvalue weighted by Crippen LogP contribution is 2.30. The molecule has 5 rings (SSSR count). The van der Waals surface area contributed by atoms with E-state index in [1.54, 1.807) is 36.5 Å². The van der Waals surface area contributed by atoms with Gasteiger partial charge in [-0.3, -0.25) is 4.79 Å². The monoisotopic (exact) mass is 489 g/mol. The number of amides is 1. The molecule has 0 saturated carbocycles. The lowest BCUT2D eigenvalue weighted by molar-refractivity contribution is 0.102. The summed E-state index contributed by atoms with van der Waals surface area (Å²) in [4.78, 5) is 21.4. The summed E-state index contributed by atoms with van der Waals surface area (Å²) in [6.45, 7) is 2.53. The van der Waals surface area contributed by atoms with Gasteiger partial charge in [0.25, 0.3) is 5.91 Å². The molecule has 0 atom stereocenters. The van der Waals surface area contributed by atoms with Gasteiger partial charge in [0.05, 0.1) is 18.8 Å². The fraction of sp³-hybridized carbons (Fsp3) is 0.125. The van der Waals surface area contributed by atoms with E-state index in [0.717, 1.165) is 11.6 Å². The molecule has 12 heteroatoms. The molecule has 0 bridgehead atoms. The number of rotatable bonds is 7. The van der Waals surface area contributed by atoms with Crippen molar-refractivity contribution in [1.29, 1.82) is 0 Å². The van der Waals surface area contributed by atoms with E-state index in [1.165, 1.54) is 19.2 Å². The second-order valence-electron chi connectivity index (χ2n) is 7.62. The van der Waals surface area contributed by atoms with Gasteiger partial charge in [-0.25, -0.2) is 19.0 Å². The molecule has 0 aliphatic heterocycles. The van der Waals surface area contributed by atoms with Crippen LogP contribution in [-0.2, 0) is 6.54 Å². The second kappa shape index (κ2) is 9.33. The summed E-state index contributed by atoms with van der Waals surface area (Å²) >= 11 is 0. The zero-order valence-electron chi connectivity index (χ0n) is 19.2. The van der Waals surface area contributed by atoms with Crippen LogP contribution in [0.3, 0.4) is 0 Å². The third-order valence-corrected chi connectivity index (χ3v) is 5.38. The van der Waals surface area contributed by atoms with Crippen molar-refractivity contribution in [2.75, 3.05) is 18.2 Å². The maximum absolute atomic E-state index is 14.0. The van der Waals surface area contributed by atoms with Crippen LogP contribution in [0.15, 0.2) is 59.4 Å². The van der Waals surface area contributed by atoms with Crippen molar-refractivity contribution in [3.05, 3.63) is 66.1 Å². The van der Waals surface area contributed by atoms with Crippen molar-refractivity contribution in [1.82, 2.24) is 24.8 Å². The van der Waals surface area contributed by atoms with Crippen LogP contribution in [-0.4, -0.2) is 37.9 Å². The number of nitrogens with two attached hydrogens (primary N) is 1. The first-order chi connectivity index (χ1) is 17.5. The average Bonchev–Trinajstić information content (AvgIpc) is 3.46. The number of pyridine rings is 1. The lowest BCUT2D eigenvalue weighted by Crippen LogP contribution is -2.12. The van der Waals surface area contributed by atoms with E-state index in [1.807, 2.05) is 11.5 Å². The Bertz CT molecular complexity index is 1580. The van der Waals surface area contributed by atoms with Crippen LogP contribution in [0.1, 0.15) is 17.3 Å². The number of hydrogen-bond donors (Lipinski definition) is 2. The van der Waals surface area contributed by atoms with Crippen molar-refractivity contribution in [2.24, 2.45) is 0 Å². The van der Waals surface area contributed by atoms with Crippen LogP contribution < -0.4 is 20.5 Å². The van der Waals surface area contributed by atoms with Gasteiger partial charge in [0.1, 0.15) is 11.3 Å². The summed E-state index contributed by atoms with van der Waals surface area (Å²) in [6.07, 6.45) is 1.58. The first-order valence-corrected chi connectivity index (χ1v) is 10.8. The fourth-order valence-electron chi connectivity index (χ4n) is 3.69. The molecule has 3 aromatic heterocycles. The van der Waals surface area contributed by atoms with E-state index >= 15 is 0 Å². The number of ether oxygens (including phenoxy) is 2. The number of fused-ring (bicyclic) bond motifs is 1. The number of nitrogens with one attached hydrogen (secondary N) is 1. The maximum atomic E-state index is 14.0. The van der Waals surface area contributed by atoms with E-state index in [0.29, 0.717) is 40.9 Å². The van der Waals surface area contributed by atoms with Crippen LogP contribution >= 0.6 is 0 Å². The first kappa shape index (κ1) is 22.8. The summed E-state index contributed by atoms with van der Waals surface area (Å²) in [6, 6.07) is 12.5. The molecule has 0 fully saturated rings. The number of carbonyl (C=O) groups excluding carboxylic acids is 1. The predicted molar refractivity (Wildman–Crippen MR) is 128 cm³/mol. The zero-order valence-corrected chi connectivity index (χ0v) is 19.2. The number of benzene rings is 2. The number of aromatic nitrogens is 5. The van der Waals surface area contributed by atoms with Crippen molar-refractivity contribution in [3.8, 4) is 28.9 Å². The minimum Gasteiger partial charge on any atom is -0.494 e. The summed E-state index contributed by atoms with van der Waals surface area (Å²) in [5.41, 5.74) is 8.17. The lowest BCUT2D eigenvalue weighted by Gasteiger charge is -2.10. The van der Waals surface area contributed by atoms with Crippen LogP contribution in [0.2, 0.25) is 0 Å². The third-order valence-electron chi connectivity index (χ3n) is 5.38. The van der Waals surface area contributed by atoms with E-state index in [-0.39, 0.29) is 17.1 Å². The molecule has 11 nitrogen and oxygen atoms in total. The van der Waals surface area contributed by atoms with Gasteiger partial charge < -0.3 is 25.1 Å². The Hall–Kier alpha value is -5.00. The summed E-state index contributed by atoms with van der Waals surface area (Å²) in [5.74, 6) is 0.355. The molecule has 3 heterocycles. The number of hydrogen-bond acceptors (Lipinski definition) is 9. The smallest absolute Gasteiger partial charge is 0.255 e. The van der Waals surface area contributed by atoms with Gasteiger partial charge in [0.2, 0.25) is 5.88 Å². The Morgan fingerprint density at radius 2 is 2.06 bits per heavy atom. The molecule has 0 aliphatic rings. The Morgan fingerprint density at radius 3 is 2.78 bits per heavy atom. The molecule has 2 aromatic carbocycles. The molecular weight excluding hydrogens is 469 g/mol.